The summed E-state index contributed by atoms with van der Waals surface area (Å²) in [6, 6.07) is 12.4. The summed E-state index contributed by atoms with van der Waals surface area (Å²) in [4.78, 5) is 35.2. The minimum absolute atomic E-state index is 0.280. The molecular formula is C17H15ClN2O4. The summed E-state index contributed by atoms with van der Waals surface area (Å²) in [6.45, 7) is 1.99. The lowest BCUT2D eigenvalue weighted by Gasteiger charge is -2.07. The molecule has 0 bridgehead atoms. The minimum atomic E-state index is -0.825. The zero-order chi connectivity index (χ0) is 17.5. The van der Waals surface area contributed by atoms with E-state index in [1.54, 1.807) is 31.2 Å². The molecule has 7 heteroatoms. The van der Waals surface area contributed by atoms with Gasteiger partial charge in [-0.05, 0) is 55.5 Å². The highest BCUT2D eigenvalue weighted by atomic mass is 35.5. The Labute approximate surface area is 143 Å². The third kappa shape index (κ3) is 4.82. The fraction of sp³-hybridized carbons (Fsp3) is 0.118. The topological polar surface area (TPSA) is 84.5 Å². The number of carbonyl (C=O) groups excluding carboxylic acids is 3. The lowest BCUT2D eigenvalue weighted by molar-refractivity contribution is -0.132. The average molecular weight is 347 g/mol. The Hall–Kier alpha value is -2.86. The van der Waals surface area contributed by atoms with Crippen LogP contribution < -0.4 is 10.6 Å². The number of amides is 2. The van der Waals surface area contributed by atoms with E-state index in [2.05, 4.69) is 10.6 Å². The number of carbonyl (C=O) groups is 3. The SMILES string of the molecule is CCOC(=O)c1ccc(NC(=O)C(=O)Nc2ccc(Cl)cc2)cc1. The first kappa shape index (κ1) is 17.5. The van der Waals surface area contributed by atoms with Gasteiger partial charge < -0.3 is 15.4 Å². The van der Waals surface area contributed by atoms with Crippen molar-refractivity contribution < 1.29 is 19.1 Å². The molecule has 0 aliphatic carbocycles. The third-order valence-corrected chi connectivity index (χ3v) is 3.21. The number of hydrogen-bond acceptors (Lipinski definition) is 4. The Morgan fingerprint density at radius 3 is 1.79 bits per heavy atom. The van der Waals surface area contributed by atoms with E-state index in [-0.39, 0.29) is 6.61 Å². The van der Waals surface area contributed by atoms with Crippen LogP contribution in [0.15, 0.2) is 48.5 Å². The molecule has 0 aliphatic rings. The molecule has 6 nitrogen and oxygen atoms in total. The van der Waals surface area contributed by atoms with Gasteiger partial charge in [0, 0.05) is 16.4 Å². The first-order valence-electron chi connectivity index (χ1n) is 7.14. The zero-order valence-corrected chi connectivity index (χ0v) is 13.6. The highest BCUT2D eigenvalue weighted by molar-refractivity contribution is 6.43. The van der Waals surface area contributed by atoms with Crippen LogP contribution in [0.1, 0.15) is 17.3 Å². The van der Waals surface area contributed by atoms with Gasteiger partial charge in [0.05, 0.1) is 12.2 Å². The highest BCUT2D eigenvalue weighted by Gasteiger charge is 2.14. The van der Waals surface area contributed by atoms with Gasteiger partial charge in [0.1, 0.15) is 0 Å². The summed E-state index contributed by atoms with van der Waals surface area (Å²) >= 11 is 5.75. The van der Waals surface area contributed by atoms with E-state index in [9.17, 15) is 14.4 Å². The van der Waals surface area contributed by atoms with E-state index in [4.69, 9.17) is 16.3 Å². The lowest BCUT2D eigenvalue weighted by atomic mass is 10.2. The first-order chi connectivity index (χ1) is 11.5. The predicted octanol–water partition coefficient (Wildman–Crippen LogP) is 3.09. The van der Waals surface area contributed by atoms with Crippen LogP contribution in [0.5, 0.6) is 0 Å². The van der Waals surface area contributed by atoms with Crippen molar-refractivity contribution in [3.63, 3.8) is 0 Å². The van der Waals surface area contributed by atoms with Gasteiger partial charge in [-0.1, -0.05) is 11.6 Å². The number of ether oxygens (including phenoxy) is 1. The van der Waals surface area contributed by atoms with Gasteiger partial charge in [0.15, 0.2) is 0 Å². The number of benzene rings is 2. The second kappa shape index (κ2) is 8.12. The molecule has 124 valence electrons. The molecule has 2 rings (SSSR count). The molecule has 0 unspecified atom stereocenters. The minimum Gasteiger partial charge on any atom is -0.462 e. The number of nitrogens with one attached hydrogen (secondary N) is 2. The van der Waals surface area contributed by atoms with E-state index < -0.39 is 17.8 Å². The van der Waals surface area contributed by atoms with Crippen molar-refractivity contribution >= 4 is 40.8 Å². The highest BCUT2D eigenvalue weighted by Crippen LogP contribution is 2.14. The van der Waals surface area contributed by atoms with Crippen molar-refractivity contribution in [3.05, 3.63) is 59.1 Å². The molecular weight excluding hydrogens is 332 g/mol. The molecule has 0 heterocycles. The van der Waals surface area contributed by atoms with Crippen molar-refractivity contribution in [1.29, 1.82) is 0 Å². The van der Waals surface area contributed by atoms with Gasteiger partial charge in [-0.2, -0.15) is 0 Å². The van der Waals surface area contributed by atoms with Crippen LogP contribution in [0.25, 0.3) is 0 Å². The van der Waals surface area contributed by atoms with Crippen LogP contribution in [0.2, 0.25) is 5.02 Å². The summed E-state index contributed by atoms with van der Waals surface area (Å²) in [7, 11) is 0. The third-order valence-electron chi connectivity index (χ3n) is 2.96. The fourth-order valence-electron chi connectivity index (χ4n) is 1.81. The van der Waals surface area contributed by atoms with Gasteiger partial charge in [0.25, 0.3) is 0 Å². The Balaban J connectivity index is 1.94. The standard InChI is InChI=1S/C17H15ClN2O4/c1-2-24-17(23)11-3-7-13(8-4-11)19-15(21)16(22)20-14-9-5-12(18)6-10-14/h3-10H,2H2,1H3,(H,19,21)(H,20,22). The quantitative estimate of drug-likeness (QED) is 0.658. The van der Waals surface area contributed by atoms with Crippen LogP contribution >= 0.6 is 11.6 Å². The molecule has 0 atom stereocenters. The monoisotopic (exact) mass is 346 g/mol. The molecule has 0 saturated heterocycles. The Morgan fingerprint density at radius 1 is 0.875 bits per heavy atom. The average Bonchev–Trinajstić information content (AvgIpc) is 2.57. The number of esters is 1. The van der Waals surface area contributed by atoms with E-state index in [0.717, 1.165) is 0 Å². The Kier molecular flexibility index (Phi) is 5.92. The smallest absolute Gasteiger partial charge is 0.338 e. The Morgan fingerprint density at radius 2 is 1.33 bits per heavy atom. The molecule has 0 fully saturated rings. The van der Waals surface area contributed by atoms with Crippen molar-refractivity contribution in [2.75, 3.05) is 17.2 Å². The van der Waals surface area contributed by atoms with E-state index in [1.165, 1.54) is 24.3 Å². The number of hydrogen-bond donors (Lipinski definition) is 2. The molecule has 2 aromatic rings. The summed E-state index contributed by atoms with van der Waals surface area (Å²) in [5, 5.41) is 5.42. The lowest BCUT2D eigenvalue weighted by Crippen LogP contribution is -2.29. The largest absolute Gasteiger partial charge is 0.462 e. The van der Waals surface area contributed by atoms with Gasteiger partial charge in [-0.25, -0.2) is 4.79 Å². The molecule has 0 aliphatic heterocycles. The molecule has 2 aromatic carbocycles. The van der Waals surface area contributed by atoms with Crippen molar-refractivity contribution in [2.45, 2.75) is 6.92 Å². The molecule has 0 aromatic heterocycles. The van der Waals surface area contributed by atoms with Crippen LogP contribution in [0.4, 0.5) is 11.4 Å². The predicted molar refractivity (Wildman–Crippen MR) is 91.1 cm³/mol. The molecule has 2 amide bonds. The molecule has 0 radical (unpaired) electrons. The van der Waals surface area contributed by atoms with Crippen molar-refractivity contribution in [1.82, 2.24) is 0 Å². The number of anilines is 2. The van der Waals surface area contributed by atoms with Crippen molar-refractivity contribution in [2.24, 2.45) is 0 Å². The second-order valence-corrected chi connectivity index (χ2v) is 5.15. The number of halogens is 1. The molecule has 2 N–H and O–H groups in total. The van der Waals surface area contributed by atoms with Gasteiger partial charge >= 0.3 is 17.8 Å². The van der Waals surface area contributed by atoms with Crippen LogP contribution in [0, 0.1) is 0 Å². The van der Waals surface area contributed by atoms with Gasteiger partial charge in [-0.3, -0.25) is 9.59 Å². The molecule has 0 saturated carbocycles. The zero-order valence-electron chi connectivity index (χ0n) is 12.8. The van der Waals surface area contributed by atoms with Crippen LogP contribution in [0.3, 0.4) is 0 Å². The van der Waals surface area contributed by atoms with E-state index in [0.29, 0.717) is 22.0 Å². The summed E-state index contributed by atoms with van der Waals surface area (Å²) in [5.41, 5.74) is 1.21. The number of rotatable bonds is 4. The summed E-state index contributed by atoms with van der Waals surface area (Å²) < 4.78 is 4.86. The van der Waals surface area contributed by atoms with Crippen LogP contribution in [-0.4, -0.2) is 24.4 Å². The Bertz CT molecular complexity index is 742. The van der Waals surface area contributed by atoms with E-state index >= 15 is 0 Å². The van der Waals surface area contributed by atoms with Gasteiger partial charge in [0.2, 0.25) is 0 Å². The second-order valence-electron chi connectivity index (χ2n) is 4.71. The fourth-order valence-corrected chi connectivity index (χ4v) is 1.94. The summed E-state index contributed by atoms with van der Waals surface area (Å²) in [6.07, 6.45) is 0. The maximum atomic E-state index is 11.9. The molecule has 0 spiro atoms. The maximum Gasteiger partial charge on any atom is 0.338 e. The summed E-state index contributed by atoms with van der Waals surface area (Å²) in [5.74, 6) is -2.09. The van der Waals surface area contributed by atoms with Crippen LogP contribution in [-0.2, 0) is 14.3 Å². The van der Waals surface area contributed by atoms with E-state index in [1.807, 2.05) is 0 Å². The molecule has 24 heavy (non-hydrogen) atoms. The normalized spacial score (nSPS) is 9.92. The first-order valence-corrected chi connectivity index (χ1v) is 7.52. The maximum absolute atomic E-state index is 11.9. The van der Waals surface area contributed by atoms with Crippen molar-refractivity contribution in [3.8, 4) is 0 Å². The van der Waals surface area contributed by atoms with Gasteiger partial charge in [-0.15, -0.1) is 0 Å².